The van der Waals surface area contributed by atoms with E-state index in [0.29, 0.717) is 11.3 Å². The molecule has 0 aliphatic heterocycles. The van der Waals surface area contributed by atoms with E-state index in [-0.39, 0.29) is 5.91 Å². The highest BCUT2D eigenvalue weighted by Gasteiger charge is 2.13. The molecule has 0 aliphatic carbocycles. The van der Waals surface area contributed by atoms with Crippen LogP contribution in [0.5, 0.6) is 0 Å². The first-order valence-corrected chi connectivity index (χ1v) is 9.39. The Kier molecular flexibility index (Phi) is 5.21. The quantitative estimate of drug-likeness (QED) is 0.372. The van der Waals surface area contributed by atoms with Crippen LogP contribution in [0.3, 0.4) is 0 Å². The number of pyridine rings is 2. The minimum atomic E-state index is -0.296. The van der Waals surface area contributed by atoms with Gasteiger partial charge >= 0.3 is 0 Å². The van der Waals surface area contributed by atoms with E-state index < -0.39 is 0 Å². The Morgan fingerprint density at radius 2 is 1.93 bits per heavy atom. The molecule has 4 aromatic rings. The molecule has 2 aromatic heterocycles. The number of hydrogen-bond donors (Lipinski definition) is 1. The molecule has 0 fully saturated rings. The lowest BCUT2D eigenvalue weighted by Crippen LogP contribution is -2.18. The molecular formula is C22H15BrN4O. The van der Waals surface area contributed by atoms with Crippen molar-refractivity contribution < 1.29 is 4.79 Å². The molecule has 2 heterocycles. The third-order valence-corrected chi connectivity index (χ3v) is 4.64. The molecule has 1 N–H and O–H groups in total. The molecule has 6 heteroatoms. The summed E-state index contributed by atoms with van der Waals surface area (Å²) in [5.41, 5.74) is 6.28. The van der Waals surface area contributed by atoms with Gasteiger partial charge in [0.15, 0.2) is 0 Å². The number of fused-ring (bicyclic) bond motifs is 1. The molecule has 0 saturated heterocycles. The Balaban J connectivity index is 1.67. The number of hydrazone groups is 1. The number of amides is 1. The monoisotopic (exact) mass is 430 g/mol. The van der Waals surface area contributed by atoms with Gasteiger partial charge in [-0.1, -0.05) is 46.3 Å². The van der Waals surface area contributed by atoms with Crippen molar-refractivity contribution >= 4 is 39.0 Å². The zero-order valence-electron chi connectivity index (χ0n) is 14.7. The predicted molar refractivity (Wildman–Crippen MR) is 114 cm³/mol. The molecule has 0 bridgehead atoms. The van der Waals surface area contributed by atoms with Crippen LogP contribution in [0.15, 0.2) is 88.7 Å². The number of nitrogens with one attached hydrogen (secondary N) is 1. The van der Waals surface area contributed by atoms with E-state index in [1.807, 2.05) is 60.7 Å². The largest absolute Gasteiger partial charge is 0.272 e. The smallest absolute Gasteiger partial charge is 0.267 e. The second-order valence-corrected chi connectivity index (χ2v) is 6.98. The Labute approximate surface area is 170 Å². The Morgan fingerprint density at radius 3 is 2.75 bits per heavy atom. The number of nitrogens with zero attached hydrogens (tertiary/aromatic N) is 3. The molecule has 5 nitrogen and oxygen atoms in total. The average molecular weight is 431 g/mol. The Hall–Kier alpha value is -3.38. The van der Waals surface area contributed by atoms with Crippen molar-refractivity contribution in [3.63, 3.8) is 0 Å². The first-order chi connectivity index (χ1) is 13.7. The molecule has 28 heavy (non-hydrogen) atoms. The lowest BCUT2D eigenvalue weighted by Gasteiger charge is -2.08. The molecule has 0 spiro atoms. The Bertz CT molecular complexity index is 1180. The van der Waals surface area contributed by atoms with Gasteiger partial charge in [-0.2, -0.15) is 5.10 Å². The molecule has 4 rings (SSSR count). The van der Waals surface area contributed by atoms with Crippen LogP contribution in [0.25, 0.3) is 22.2 Å². The van der Waals surface area contributed by atoms with Crippen LogP contribution in [0, 0.1) is 0 Å². The van der Waals surface area contributed by atoms with Crippen LogP contribution in [0.1, 0.15) is 15.9 Å². The highest BCUT2D eigenvalue weighted by atomic mass is 79.9. The molecular weight excluding hydrogens is 416 g/mol. The van der Waals surface area contributed by atoms with Gasteiger partial charge in [0.25, 0.3) is 5.91 Å². The van der Waals surface area contributed by atoms with Crippen LogP contribution in [0.4, 0.5) is 0 Å². The van der Waals surface area contributed by atoms with Crippen molar-refractivity contribution in [2.75, 3.05) is 0 Å². The topological polar surface area (TPSA) is 67.2 Å². The molecule has 0 atom stereocenters. The van der Waals surface area contributed by atoms with E-state index in [1.165, 1.54) is 0 Å². The van der Waals surface area contributed by atoms with Gasteiger partial charge in [0.2, 0.25) is 0 Å². The zero-order chi connectivity index (χ0) is 19.3. The van der Waals surface area contributed by atoms with Crippen LogP contribution >= 0.6 is 15.9 Å². The van der Waals surface area contributed by atoms with Gasteiger partial charge in [-0.15, -0.1) is 0 Å². The minimum Gasteiger partial charge on any atom is -0.267 e. The highest BCUT2D eigenvalue weighted by molar-refractivity contribution is 9.10. The first kappa shape index (κ1) is 18.0. The fourth-order valence-corrected chi connectivity index (χ4v) is 3.25. The first-order valence-electron chi connectivity index (χ1n) is 8.60. The van der Waals surface area contributed by atoms with Gasteiger partial charge in [0, 0.05) is 27.8 Å². The number of carbonyl (C=O) groups is 1. The predicted octanol–water partition coefficient (Wildman–Crippen LogP) is 4.82. The SMILES string of the molecule is O=C(NN=Cc1cccc(Br)c1)c1cc(-c2cccnc2)nc2ccccc12. The van der Waals surface area contributed by atoms with E-state index in [0.717, 1.165) is 26.5 Å². The molecule has 136 valence electrons. The number of benzene rings is 2. The van der Waals surface area contributed by atoms with Crippen LogP contribution < -0.4 is 5.43 Å². The van der Waals surface area contributed by atoms with Crippen LogP contribution in [-0.4, -0.2) is 22.1 Å². The fourth-order valence-electron chi connectivity index (χ4n) is 2.84. The number of hydrogen-bond acceptors (Lipinski definition) is 4. The second-order valence-electron chi connectivity index (χ2n) is 6.07. The third kappa shape index (κ3) is 3.97. The maximum Gasteiger partial charge on any atom is 0.272 e. The van der Waals surface area contributed by atoms with E-state index in [1.54, 1.807) is 24.7 Å². The summed E-state index contributed by atoms with van der Waals surface area (Å²) < 4.78 is 0.948. The minimum absolute atomic E-state index is 0.296. The maximum absolute atomic E-state index is 12.8. The van der Waals surface area contributed by atoms with Crippen molar-refractivity contribution in [1.82, 2.24) is 15.4 Å². The van der Waals surface area contributed by atoms with Crippen molar-refractivity contribution in [1.29, 1.82) is 0 Å². The molecule has 2 aromatic carbocycles. The summed E-state index contributed by atoms with van der Waals surface area (Å²) in [5, 5.41) is 4.86. The summed E-state index contributed by atoms with van der Waals surface area (Å²) in [6.45, 7) is 0. The van der Waals surface area contributed by atoms with Gasteiger partial charge in [-0.3, -0.25) is 9.78 Å². The number of carbonyl (C=O) groups excluding carboxylic acids is 1. The number of aromatic nitrogens is 2. The van der Waals surface area contributed by atoms with E-state index in [4.69, 9.17) is 0 Å². The summed E-state index contributed by atoms with van der Waals surface area (Å²) in [5.74, 6) is -0.296. The van der Waals surface area contributed by atoms with Crippen molar-refractivity contribution in [2.45, 2.75) is 0 Å². The van der Waals surface area contributed by atoms with Crippen molar-refractivity contribution in [2.24, 2.45) is 5.10 Å². The summed E-state index contributed by atoms with van der Waals surface area (Å²) in [4.78, 5) is 21.6. The van der Waals surface area contributed by atoms with E-state index in [2.05, 4.69) is 36.4 Å². The Morgan fingerprint density at radius 1 is 1.04 bits per heavy atom. The summed E-state index contributed by atoms with van der Waals surface area (Å²) >= 11 is 3.42. The van der Waals surface area contributed by atoms with Gasteiger partial charge in [-0.25, -0.2) is 10.4 Å². The normalized spacial score (nSPS) is 11.0. The number of rotatable bonds is 4. The molecule has 0 aliphatic rings. The molecule has 0 unspecified atom stereocenters. The summed E-state index contributed by atoms with van der Waals surface area (Å²) in [7, 11) is 0. The summed E-state index contributed by atoms with van der Waals surface area (Å²) in [6.07, 6.45) is 5.03. The zero-order valence-corrected chi connectivity index (χ0v) is 16.3. The second kappa shape index (κ2) is 8.10. The number of halogens is 1. The standard InChI is InChI=1S/C22H15BrN4O/c23-17-7-3-5-15(11-17)13-25-27-22(28)19-12-21(16-6-4-10-24-14-16)26-20-9-2-1-8-18(19)20/h1-14H,(H,27,28). The highest BCUT2D eigenvalue weighted by Crippen LogP contribution is 2.24. The molecule has 0 saturated carbocycles. The van der Waals surface area contributed by atoms with Gasteiger partial charge in [0.1, 0.15) is 0 Å². The van der Waals surface area contributed by atoms with Gasteiger partial charge < -0.3 is 0 Å². The van der Waals surface area contributed by atoms with Crippen molar-refractivity contribution in [3.8, 4) is 11.3 Å². The fraction of sp³-hybridized carbons (Fsp3) is 0. The van der Waals surface area contributed by atoms with Crippen LogP contribution in [-0.2, 0) is 0 Å². The van der Waals surface area contributed by atoms with E-state index in [9.17, 15) is 4.79 Å². The third-order valence-electron chi connectivity index (χ3n) is 4.15. The van der Waals surface area contributed by atoms with Gasteiger partial charge in [-0.05, 0) is 42.0 Å². The van der Waals surface area contributed by atoms with Gasteiger partial charge in [0.05, 0.1) is 23.0 Å². The van der Waals surface area contributed by atoms with Crippen molar-refractivity contribution in [3.05, 3.63) is 94.7 Å². The maximum atomic E-state index is 12.8. The lowest BCUT2D eigenvalue weighted by atomic mass is 10.0. The molecule has 1 amide bonds. The van der Waals surface area contributed by atoms with Crippen LogP contribution in [0.2, 0.25) is 0 Å². The molecule has 0 radical (unpaired) electrons. The average Bonchev–Trinajstić information content (AvgIpc) is 2.73. The number of para-hydroxylation sites is 1. The lowest BCUT2D eigenvalue weighted by molar-refractivity contribution is 0.0957. The summed E-state index contributed by atoms with van der Waals surface area (Å²) in [6, 6.07) is 20.7. The van der Waals surface area contributed by atoms with E-state index >= 15 is 0 Å².